The molecule has 0 saturated heterocycles. The van der Waals surface area contributed by atoms with Crippen LogP contribution in [0.15, 0.2) is 0 Å². The summed E-state index contributed by atoms with van der Waals surface area (Å²) in [5, 5.41) is 0.361. The lowest BCUT2D eigenvalue weighted by molar-refractivity contribution is -0.311. The van der Waals surface area contributed by atoms with Crippen LogP contribution in [0.5, 0.6) is 0 Å². The topological polar surface area (TPSA) is 126 Å². The monoisotopic (exact) mass is 908 g/mol. The van der Waals surface area contributed by atoms with Gasteiger partial charge in [-0.05, 0) is 39.5 Å². The number of unbranched alkanes of at least 4 members (excludes halogenated alkanes) is 30. The molecule has 0 aromatic carbocycles. The maximum absolute atomic E-state index is 13.9. The Labute approximate surface area is 393 Å². The summed E-state index contributed by atoms with van der Waals surface area (Å²) in [6.07, 6.45) is 37.5. The number of hydroxylamine groups is 2. The van der Waals surface area contributed by atoms with Gasteiger partial charge in [0.25, 0.3) is 5.91 Å². The van der Waals surface area contributed by atoms with Crippen LogP contribution >= 0.6 is 0 Å². The summed E-state index contributed by atoms with van der Waals surface area (Å²) in [4.78, 5) is 77.7. The molecule has 0 aliphatic rings. The van der Waals surface area contributed by atoms with Gasteiger partial charge in [-0.25, -0.2) is 9.59 Å². The first-order chi connectivity index (χ1) is 31.0. The normalized spacial score (nSPS) is 13.2. The molecule has 10 heteroatoms. The lowest BCUT2D eigenvalue weighted by Gasteiger charge is -2.27. The highest BCUT2D eigenvalue weighted by molar-refractivity contribution is 5.80. The molecule has 0 saturated carbocycles. The molecule has 0 N–H and O–H groups in total. The molecule has 4 atom stereocenters. The Hall–Kier alpha value is -2.65. The third-order valence-electron chi connectivity index (χ3n) is 12.7. The van der Waals surface area contributed by atoms with E-state index in [4.69, 9.17) is 19.1 Å². The number of carbonyl (C=O) groups is 5. The highest BCUT2D eigenvalue weighted by Gasteiger charge is 2.36. The first-order valence-corrected chi connectivity index (χ1v) is 27.1. The average Bonchev–Trinajstić information content (AvgIpc) is 3.26. The van der Waals surface area contributed by atoms with Crippen molar-refractivity contribution in [1.29, 1.82) is 0 Å². The van der Waals surface area contributed by atoms with Crippen LogP contribution in [0.4, 0.5) is 0 Å². The number of ether oxygens (including phenoxy) is 2. The van der Waals surface area contributed by atoms with E-state index in [0.29, 0.717) is 18.1 Å². The van der Waals surface area contributed by atoms with Crippen molar-refractivity contribution in [2.45, 2.75) is 305 Å². The summed E-state index contributed by atoms with van der Waals surface area (Å²) in [5.74, 6) is -4.82. The third-order valence-corrected chi connectivity index (χ3v) is 12.7. The molecule has 1 amide bonds. The Morgan fingerprint density at radius 1 is 0.359 bits per heavy atom. The van der Waals surface area contributed by atoms with Crippen LogP contribution in [0, 0.1) is 11.8 Å². The highest BCUT2D eigenvalue weighted by atomic mass is 17.0. The van der Waals surface area contributed by atoms with E-state index in [1.165, 1.54) is 128 Å². The Kier molecular flexibility index (Phi) is 42.4. The fourth-order valence-corrected chi connectivity index (χ4v) is 8.39. The zero-order valence-corrected chi connectivity index (χ0v) is 42.8. The SMILES string of the molecule is CCCCCCCCCCCC(=O)OC(C)C(CCCCCCCCCC)C(=O)ON(OC(=O)C(CCCCCCCCCC)C(C)OC(=O)CCCCCCCCCCC)C(C)=O. The molecule has 0 bridgehead atoms. The van der Waals surface area contributed by atoms with Crippen LogP contribution in [0.1, 0.15) is 292 Å². The molecular formula is C54H101NO9. The molecule has 10 nitrogen and oxygen atoms in total. The largest absolute Gasteiger partial charge is 0.462 e. The first-order valence-electron chi connectivity index (χ1n) is 27.1. The second-order valence-electron chi connectivity index (χ2n) is 18.9. The number of hydrogen-bond donors (Lipinski definition) is 0. The van der Waals surface area contributed by atoms with Gasteiger partial charge >= 0.3 is 23.9 Å². The predicted octanol–water partition coefficient (Wildman–Crippen LogP) is 15.8. The summed E-state index contributed by atoms with van der Waals surface area (Å²) in [5.41, 5.74) is 0. The first kappa shape index (κ1) is 61.4. The minimum absolute atomic E-state index is 0.277. The van der Waals surface area contributed by atoms with Crippen LogP contribution in [0.3, 0.4) is 0 Å². The van der Waals surface area contributed by atoms with Crippen LogP contribution < -0.4 is 0 Å². The lowest BCUT2D eigenvalue weighted by atomic mass is 9.95. The summed E-state index contributed by atoms with van der Waals surface area (Å²) in [7, 11) is 0. The molecule has 0 spiro atoms. The van der Waals surface area contributed by atoms with Crippen molar-refractivity contribution < 1.29 is 43.1 Å². The molecular weight excluding hydrogens is 807 g/mol. The van der Waals surface area contributed by atoms with Crippen LogP contribution in [0.25, 0.3) is 0 Å². The molecule has 0 aromatic heterocycles. The Morgan fingerprint density at radius 2 is 0.594 bits per heavy atom. The molecule has 0 radical (unpaired) electrons. The van der Waals surface area contributed by atoms with Gasteiger partial charge in [-0.3, -0.25) is 14.4 Å². The lowest BCUT2D eigenvalue weighted by Crippen LogP contribution is -2.42. The van der Waals surface area contributed by atoms with Gasteiger partial charge in [-0.15, -0.1) is 0 Å². The molecule has 64 heavy (non-hydrogen) atoms. The Bertz CT molecular complexity index is 1070. The average molecular weight is 908 g/mol. The summed E-state index contributed by atoms with van der Waals surface area (Å²) < 4.78 is 11.6. The zero-order valence-electron chi connectivity index (χ0n) is 42.8. The van der Waals surface area contributed by atoms with Gasteiger partial charge < -0.3 is 19.1 Å². The number of rotatable bonds is 44. The van der Waals surface area contributed by atoms with Crippen molar-refractivity contribution in [3.63, 3.8) is 0 Å². The quantitative estimate of drug-likeness (QED) is 0.0334. The number of nitrogens with zero attached hydrogens (tertiary/aromatic N) is 1. The van der Waals surface area contributed by atoms with Crippen molar-refractivity contribution >= 4 is 29.8 Å². The van der Waals surface area contributed by atoms with Gasteiger partial charge in [0, 0.05) is 25.0 Å². The van der Waals surface area contributed by atoms with E-state index in [2.05, 4.69) is 27.7 Å². The Balaban J connectivity index is 5.64. The minimum atomic E-state index is -0.859. The van der Waals surface area contributed by atoms with E-state index in [9.17, 15) is 24.0 Å². The second kappa shape index (κ2) is 44.2. The second-order valence-corrected chi connectivity index (χ2v) is 18.9. The van der Waals surface area contributed by atoms with E-state index in [0.717, 1.165) is 96.8 Å². The van der Waals surface area contributed by atoms with Crippen LogP contribution in [0.2, 0.25) is 0 Å². The number of esters is 2. The van der Waals surface area contributed by atoms with Gasteiger partial charge in [0.05, 0.1) is 11.8 Å². The number of hydrogen-bond acceptors (Lipinski definition) is 9. The fraction of sp³-hybridized carbons (Fsp3) is 0.907. The van der Waals surface area contributed by atoms with E-state index in [1.54, 1.807) is 13.8 Å². The zero-order chi connectivity index (χ0) is 47.5. The van der Waals surface area contributed by atoms with E-state index < -0.39 is 41.9 Å². The molecule has 376 valence electrons. The van der Waals surface area contributed by atoms with Crippen molar-refractivity contribution in [2.75, 3.05) is 0 Å². The van der Waals surface area contributed by atoms with Crippen molar-refractivity contribution in [3.8, 4) is 0 Å². The van der Waals surface area contributed by atoms with Gasteiger partial charge in [0.1, 0.15) is 12.2 Å². The summed E-state index contributed by atoms with van der Waals surface area (Å²) in [6.45, 7) is 13.4. The highest BCUT2D eigenvalue weighted by Crippen LogP contribution is 2.25. The van der Waals surface area contributed by atoms with Gasteiger partial charge in [0.2, 0.25) is 0 Å². The number of carbonyl (C=O) groups excluding carboxylic acids is 5. The Morgan fingerprint density at radius 3 is 0.844 bits per heavy atom. The fourth-order valence-electron chi connectivity index (χ4n) is 8.39. The molecule has 4 unspecified atom stereocenters. The van der Waals surface area contributed by atoms with Crippen molar-refractivity contribution in [1.82, 2.24) is 5.23 Å². The van der Waals surface area contributed by atoms with E-state index in [1.807, 2.05) is 0 Å². The van der Waals surface area contributed by atoms with Crippen LogP contribution in [-0.2, 0) is 43.1 Å². The smallest absolute Gasteiger partial charge is 0.343 e. The predicted molar refractivity (Wildman–Crippen MR) is 261 cm³/mol. The van der Waals surface area contributed by atoms with Crippen LogP contribution in [-0.4, -0.2) is 47.2 Å². The maximum Gasteiger partial charge on any atom is 0.343 e. The summed E-state index contributed by atoms with van der Waals surface area (Å²) in [6, 6.07) is 0. The molecule has 0 fully saturated rings. The molecule has 0 aromatic rings. The third kappa shape index (κ3) is 35.6. The standard InChI is InChI=1S/C54H101NO9/c1-8-12-16-20-24-28-32-36-40-44-51(57)61-46(5)49(42-38-34-30-26-22-18-14-10-3)53(59)63-55(48(7)56)64-54(60)50(43-39-35-31-27-23-19-15-11-4)47(6)62-52(58)45-41-37-33-29-25-21-17-13-9-2/h46-47,49-50H,8-45H2,1-7H3. The van der Waals surface area contributed by atoms with E-state index in [-0.39, 0.29) is 24.8 Å². The molecule has 0 rings (SSSR count). The minimum Gasteiger partial charge on any atom is -0.462 e. The van der Waals surface area contributed by atoms with Crippen molar-refractivity contribution in [3.05, 3.63) is 0 Å². The van der Waals surface area contributed by atoms with Gasteiger partial charge in [0.15, 0.2) is 0 Å². The maximum atomic E-state index is 13.9. The molecule has 0 heterocycles. The number of amides is 1. The van der Waals surface area contributed by atoms with Gasteiger partial charge in [-0.2, -0.15) is 0 Å². The van der Waals surface area contributed by atoms with Gasteiger partial charge in [-0.1, -0.05) is 233 Å². The molecule has 0 aliphatic heterocycles. The van der Waals surface area contributed by atoms with E-state index >= 15 is 0 Å². The summed E-state index contributed by atoms with van der Waals surface area (Å²) >= 11 is 0. The molecule has 0 aliphatic carbocycles. The van der Waals surface area contributed by atoms with Crippen molar-refractivity contribution in [2.24, 2.45) is 11.8 Å².